The maximum atomic E-state index is 11.4. The minimum absolute atomic E-state index is 0.119. The van der Waals surface area contributed by atoms with Gasteiger partial charge in [0.15, 0.2) is 0 Å². The quantitative estimate of drug-likeness (QED) is 0.429. The predicted molar refractivity (Wildman–Crippen MR) is 70.8 cm³/mol. The molecule has 0 aromatic heterocycles. The second kappa shape index (κ2) is 8.57. The van der Waals surface area contributed by atoms with E-state index in [0.29, 0.717) is 6.54 Å². The molecule has 4 heteroatoms. The number of terminal acetylenes is 1. The van der Waals surface area contributed by atoms with E-state index in [1.165, 1.54) is 0 Å². The lowest BCUT2D eigenvalue weighted by atomic mass is 10.2. The molecule has 0 aromatic rings. The van der Waals surface area contributed by atoms with Crippen molar-refractivity contribution in [2.45, 2.75) is 58.5 Å². The molecule has 1 amide bonds. The van der Waals surface area contributed by atoms with Gasteiger partial charge in [0, 0.05) is 19.4 Å². The summed E-state index contributed by atoms with van der Waals surface area (Å²) in [4.78, 5) is 22.7. The van der Waals surface area contributed by atoms with Gasteiger partial charge in [0.2, 0.25) is 5.91 Å². The van der Waals surface area contributed by atoms with Crippen LogP contribution in [0.15, 0.2) is 0 Å². The molecule has 0 heterocycles. The Hall–Kier alpha value is -1.50. The summed E-state index contributed by atoms with van der Waals surface area (Å²) in [5.74, 6) is 2.08. The number of esters is 1. The van der Waals surface area contributed by atoms with Crippen LogP contribution in [0.4, 0.5) is 0 Å². The number of rotatable bonds is 7. The van der Waals surface area contributed by atoms with Crippen molar-refractivity contribution < 1.29 is 14.3 Å². The van der Waals surface area contributed by atoms with Crippen LogP contribution >= 0.6 is 0 Å². The Morgan fingerprint density at radius 3 is 2.44 bits per heavy atom. The maximum Gasteiger partial charge on any atom is 0.306 e. The average Bonchev–Trinajstić information content (AvgIpc) is 2.24. The highest BCUT2D eigenvalue weighted by atomic mass is 16.6. The van der Waals surface area contributed by atoms with Gasteiger partial charge in [-0.1, -0.05) is 0 Å². The number of amides is 1. The van der Waals surface area contributed by atoms with Crippen molar-refractivity contribution in [2.75, 3.05) is 6.54 Å². The number of carbonyl (C=O) groups is 2. The largest absolute Gasteiger partial charge is 0.460 e. The van der Waals surface area contributed by atoms with Crippen LogP contribution in [0.1, 0.15) is 52.9 Å². The van der Waals surface area contributed by atoms with E-state index in [2.05, 4.69) is 11.2 Å². The van der Waals surface area contributed by atoms with Crippen LogP contribution in [0, 0.1) is 12.3 Å². The van der Waals surface area contributed by atoms with E-state index in [1.807, 2.05) is 0 Å². The molecular weight excluding hydrogens is 230 g/mol. The van der Waals surface area contributed by atoms with Crippen molar-refractivity contribution >= 4 is 11.9 Å². The fraction of sp³-hybridized carbons (Fsp3) is 0.714. The molecule has 4 nitrogen and oxygen atoms in total. The molecule has 0 aliphatic heterocycles. The number of unbranched alkanes of at least 4 members (excludes halogenated alkanes) is 2. The minimum atomic E-state index is -0.497. The highest BCUT2D eigenvalue weighted by Crippen LogP contribution is 2.08. The Balaban J connectivity index is 3.59. The molecule has 0 rings (SSSR count). The molecule has 102 valence electrons. The summed E-state index contributed by atoms with van der Waals surface area (Å²) in [6.07, 6.45) is 7.90. The molecule has 0 saturated carbocycles. The lowest BCUT2D eigenvalue weighted by Crippen LogP contribution is -2.27. The molecule has 0 saturated heterocycles. The van der Waals surface area contributed by atoms with Crippen LogP contribution in [0.2, 0.25) is 0 Å². The van der Waals surface area contributed by atoms with E-state index in [-0.39, 0.29) is 24.7 Å². The third-order valence-corrected chi connectivity index (χ3v) is 2.05. The highest BCUT2D eigenvalue weighted by Gasteiger charge is 2.16. The number of hydrogen-bond donors (Lipinski definition) is 1. The van der Waals surface area contributed by atoms with Crippen LogP contribution in [0.25, 0.3) is 0 Å². The Morgan fingerprint density at radius 1 is 1.22 bits per heavy atom. The van der Waals surface area contributed by atoms with Crippen molar-refractivity contribution in [2.24, 2.45) is 0 Å². The molecule has 0 atom stereocenters. The third-order valence-electron chi connectivity index (χ3n) is 2.05. The molecule has 0 bridgehead atoms. The smallest absolute Gasteiger partial charge is 0.306 e. The lowest BCUT2D eigenvalue weighted by molar-refractivity contribution is -0.155. The number of ether oxygens (including phenoxy) is 1. The molecule has 0 aromatic carbocycles. The zero-order chi connectivity index (χ0) is 14.0. The monoisotopic (exact) mass is 253 g/mol. The summed E-state index contributed by atoms with van der Waals surface area (Å²) >= 11 is 0. The molecule has 0 radical (unpaired) electrons. The molecule has 0 aliphatic carbocycles. The summed E-state index contributed by atoms with van der Waals surface area (Å²) in [7, 11) is 0. The van der Waals surface area contributed by atoms with Crippen LogP contribution in [-0.2, 0) is 14.3 Å². The first-order valence-electron chi connectivity index (χ1n) is 6.27. The van der Waals surface area contributed by atoms with Crippen LogP contribution in [-0.4, -0.2) is 24.0 Å². The van der Waals surface area contributed by atoms with Crippen molar-refractivity contribution in [3.05, 3.63) is 0 Å². The van der Waals surface area contributed by atoms with Crippen molar-refractivity contribution in [3.63, 3.8) is 0 Å². The summed E-state index contributed by atoms with van der Waals surface area (Å²) in [6.45, 7) is 6.01. The number of carbonyl (C=O) groups excluding carboxylic acids is 2. The molecule has 18 heavy (non-hydrogen) atoms. The minimum Gasteiger partial charge on any atom is -0.460 e. The van der Waals surface area contributed by atoms with Crippen molar-refractivity contribution in [3.8, 4) is 12.3 Å². The van der Waals surface area contributed by atoms with Crippen LogP contribution in [0.5, 0.6) is 0 Å². The fourth-order valence-corrected chi connectivity index (χ4v) is 1.28. The van der Waals surface area contributed by atoms with Gasteiger partial charge in [-0.05, 0) is 33.6 Å². The van der Waals surface area contributed by atoms with Gasteiger partial charge in [0.25, 0.3) is 0 Å². The molecule has 0 fully saturated rings. The van der Waals surface area contributed by atoms with Gasteiger partial charge in [0.05, 0.1) is 6.42 Å². The van der Waals surface area contributed by atoms with E-state index in [4.69, 9.17) is 11.2 Å². The van der Waals surface area contributed by atoms with E-state index in [1.54, 1.807) is 20.8 Å². The SMILES string of the molecule is C#CCCCCNC(=O)CCC(=O)OC(C)(C)C. The summed E-state index contributed by atoms with van der Waals surface area (Å²) in [5.41, 5.74) is -0.497. The Bertz CT molecular complexity index is 310. The van der Waals surface area contributed by atoms with Gasteiger partial charge in [0.1, 0.15) is 5.60 Å². The Labute approximate surface area is 109 Å². The van der Waals surface area contributed by atoms with Crippen molar-refractivity contribution in [1.29, 1.82) is 0 Å². The predicted octanol–water partition coefficient (Wildman–Crippen LogP) is 2.03. The summed E-state index contributed by atoms with van der Waals surface area (Å²) in [5, 5.41) is 2.74. The zero-order valence-corrected chi connectivity index (χ0v) is 11.5. The van der Waals surface area contributed by atoms with Gasteiger partial charge >= 0.3 is 5.97 Å². The molecule has 0 aliphatic rings. The summed E-state index contributed by atoms with van der Waals surface area (Å²) < 4.78 is 5.10. The molecular formula is C14H23NO3. The van der Waals surface area contributed by atoms with Crippen LogP contribution in [0.3, 0.4) is 0 Å². The first-order valence-corrected chi connectivity index (χ1v) is 6.27. The van der Waals surface area contributed by atoms with E-state index in [0.717, 1.165) is 19.3 Å². The summed E-state index contributed by atoms with van der Waals surface area (Å²) in [6, 6.07) is 0. The highest BCUT2D eigenvalue weighted by molar-refractivity contribution is 5.81. The van der Waals surface area contributed by atoms with Gasteiger partial charge in [-0.15, -0.1) is 12.3 Å². The Morgan fingerprint density at radius 2 is 1.89 bits per heavy atom. The first-order chi connectivity index (χ1) is 8.35. The second-order valence-corrected chi connectivity index (χ2v) is 5.10. The van der Waals surface area contributed by atoms with E-state index in [9.17, 15) is 9.59 Å². The number of hydrogen-bond acceptors (Lipinski definition) is 3. The second-order valence-electron chi connectivity index (χ2n) is 5.10. The lowest BCUT2D eigenvalue weighted by Gasteiger charge is -2.19. The average molecular weight is 253 g/mol. The van der Waals surface area contributed by atoms with Gasteiger partial charge in [-0.25, -0.2) is 0 Å². The van der Waals surface area contributed by atoms with Gasteiger partial charge < -0.3 is 10.1 Å². The van der Waals surface area contributed by atoms with Gasteiger partial charge in [-0.3, -0.25) is 9.59 Å². The maximum absolute atomic E-state index is 11.4. The Kier molecular flexibility index (Phi) is 7.86. The van der Waals surface area contributed by atoms with E-state index < -0.39 is 5.60 Å². The van der Waals surface area contributed by atoms with Gasteiger partial charge in [-0.2, -0.15) is 0 Å². The molecule has 0 spiro atoms. The zero-order valence-electron chi connectivity index (χ0n) is 11.5. The fourth-order valence-electron chi connectivity index (χ4n) is 1.28. The number of nitrogens with one attached hydrogen (secondary N) is 1. The topological polar surface area (TPSA) is 55.4 Å². The van der Waals surface area contributed by atoms with Crippen molar-refractivity contribution in [1.82, 2.24) is 5.32 Å². The third kappa shape index (κ3) is 11.0. The normalized spacial score (nSPS) is 10.6. The molecule has 0 unspecified atom stereocenters. The standard InChI is InChI=1S/C14H23NO3/c1-5-6-7-8-11-15-12(16)9-10-13(17)18-14(2,3)4/h1H,6-11H2,2-4H3,(H,15,16). The van der Waals surface area contributed by atoms with E-state index >= 15 is 0 Å². The molecule has 1 N–H and O–H groups in total. The first kappa shape index (κ1) is 16.5. The van der Waals surface area contributed by atoms with Crippen LogP contribution < -0.4 is 5.32 Å².